The van der Waals surface area contributed by atoms with Gasteiger partial charge in [0.05, 0.1) is 23.5 Å². The van der Waals surface area contributed by atoms with Crippen LogP contribution in [0.5, 0.6) is 0 Å². The number of para-hydroxylation sites is 2. The maximum Gasteiger partial charge on any atom is 0.338 e. The second-order valence-electron chi connectivity index (χ2n) is 6.72. The topological polar surface area (TPSA) is 58.6 Å². The molecule has 0 unspecified atom stereocenters. The van der Waals surface area contributed by atoms with E-state index in [1.165, 1.54) is 0 Å². The number of nitrogens with one attached hydrogen (secondary N) is 1. The van der Waals surface area contributed by atoms with Crippen LogP contribution in [0, 0.1) is 0 Å². The monoisotopic (exact) mass is 416 g/mol. The predicted molar refractivity (Wildman–Crippen MR) is 106 cm³/mol. The lowest BCUT2D eigenvalue weighted by atomic mass is 9.98. The van der Waals surface area contributed by atoms with Crippen molar-refractivity contribution in [2.75, 3.05) is 23.4 Å². The van der Waals surface area contributed by atoms with Gasteiger partial charge in [0.25, 0.3) is 5.91 Å². The molecule has 6 heteroatoms. The van der Waals surface area contributed by atoms with Gasteiger partial charge in [-0.25, -0.2) is 4.79 Å². The van der Waals surface area contributed by atoms with Gasteiger partial charge in [-0.15, -0.1) is 0 Å². The molecule has 1 amide bonds. The number of hydrogen-bond acceptors (Lipinski definition) is 4. The predicted octanol–water partition coefficient (Wildman–Crippen LogP) is 4.23. The molecule has 0 spiro atoms. The Hall–Kier alpha value is -2.34. The van der Waals surface area contributed by atoms with Crippen LogP contribution in [0.3, 0.4) is 0 Å². The molecule has 2 aromatic rings. The molecule has 0 radical (unpaired) electrons. The first kappa shape index (κ1) is 18.5. The fourth-order valence-electron chi connectivity index (χ4n) is 2.93. The molecule has 0 aromatic heterocycles. The Morgan fingerprint density at radius 1 is 1.15 bits per heavy atom. The Kier molecular flexibility index (Phi) is 5.32. The lowest BCUT2D eigenvalue weighted by Crippen LogP contribution is -2.54. The van der Waals surface area contributed by atoms with Gasteiger partial charge in [-0.1, -0.05) is 28.1 Å². The second kappa shape index (κ2) is 7.50. The van der Waals surface area contributed by atoms with E-state index in [0.717, 1.165) is 15.8 Å². The third-order valence-electron chi connectivity index (χ3n) is 4.26. The van der Waals surface area contributed by atoms with Gasteiger partial charge < -0.3 is 15.0 Å². The van der Waals surface area contributed by atoms with Gasteiger partial charge in [-0.05, 0) is 56.7 Å². The van der Waals surface area contributed by atoms with Crippen molar-refractivity contribution in [1.82, 2.24) is 0 Å². The molecule has 2 aromatic carbocycles. The SMILES string of the molecule is CC1(C)Nc2ccccc2N(CCCOC(=O)c2ccc(Br)cc2)C1=O. The van der Waals surface area contributed by atoms with Crippen molar-refractivity contribution < 1.29 is 14.3 Å². The first-order valence-corrected chi connectivity index (χ1v) is 9.30. The van der Waals surface area contributed by atoms with Crippen molar-refractivity contribution in [3.8, 4) is 0 Å². The minimum atomic E-state index is -0.664. The third kappa shape index (κ3) is 3.90. The minimum Gasteiger partial charge on any atom is -0.462 e. The molecule has 26 heavy (non-hydrogen) atoms. The van der Waals surface area contributed by atoms with Crippen molar-refractivity contribution in [1.29, 1.82) is 0 Å². The van der Waals surface area contributed by atoms with Crippen molar-refractivity contribution >= 4 is 39.2 Å². The van der Waals surface area contributed by atoms with E-state index in [-0.39, 0.29) is 18.5 Å². The molecule has 0 bridgehead atoms. The summed E-state index contributed by atoms with van der Waals surface area (Å²) in [6, 6.07) is 14.8. The quantitative estimate of drug-likeness (QED) is 0.584. The molecule has 3 rings (SSSR count). The van der Waals surface area contributed by atoms with E-state index < -0.39 is 5.54 Å². The van der Waals surface area contributed by atoms with Crippen LogP contribution in [0.15, 0.2) is 53.0 Å². The van der Waals surface area contributed by atoms with Crippen molar-refractivity contribution in [3.63, 3.8) is 0 Å². The number of fused-ring (bicyclic) bond motifs is 1. The van der Waals surface area contributed by atoms with E-state index in [0.29, 0.717) is 18.5 Å². The normalized spacial score (nSPS) is 15.2. The standard InChI is InChI=1S/C20H21BrN2O3/c1-20(2)19(25)23(17-7-4-3-6-16(17)22-20)12-5-13-26-18(24)14-8-10-15(21)11-9-14/h3-4,6-11,22H,5,12-13H2,1-2H3. The third-order valence-corrected chi connectivity index (χ3v) is 4.79. The van der Waals surface area contributed by atoms with Crippen LogP contribution in [0.25, 0.3) is 0 Å². The Bertz CT molecular complexity index is 818. The molecule has 0 saturated carbocycles. The van der Waals surface area contributed by atoms with Gasteiger partial charge in [0.2, 0.25) is 0 Å². The summed E-state index contributed by atoms with van der Waals surface area (Å²) < 4.78 is 6.24. The summed E-state index contributed by atoms with van der Waals surface area (Å²) in [6.45, 7) is 4.49. The zero-order valence-electron chi connectivity index (χ0n) is 14.8. The summed E-state index contributed by atoms with van der Waals surface area (Å²) in [5.74, 6) is -0.347. The van der Waals surface area contributed by atoms with Crippen LogP contribution in [0.4, 0.5) is 11.4 Å². The van der Waals surface area contributed by atoms with Gasteiger partial charge in [-0.3, -0.25) is 4.79 Å². The lowest BCUT2D eigenvalue weighted by Gasteiger charge is -2.40. The summed E-state index contributed by atoms with van der Waals surface area (Å²) in [5.41, 5.74) is 1.64. The molecule has 1 N–H and O–H groups in total. The van der Waals surface area contributed by atoms with Crippen LogP contribution in [-0.4, -0.2) is 30.6 Å². The van der Waals surface area contributed by atoms with Crippen LogP contribution >= 0.6 is 15.9 Å². The van der Waals surface area contributed by atoms with Crippen LogP contribution < -0.4 is 10.2 Å². The highest BCUT2D eigenvalue weighted by Gasteiger charge is 2.38. The molecule has 1 heterocycles. The number of benzene rings is 2. The number of amides is 1. The molecule has 1 aliphatic heterocycles. The molecule has 1 aliphatic rings. The molecule has 0 atom stereocenters. The second-order valence-corrected chi connectivity index (χ2v) is 7.64. The Labute approximate surface area is 161 Å². The number of hydrogen-bond donors (Lipinski definition) is 1. The molecule has 5 nitrogen and oxygen atoms in total. The maximum atomic E-state index is 12.7. The van der Waals surface area contributed by atoms with Gasteiger partial charge in [0.1, 0.15) is 5.54 Å². The Morgan fingerprint density at radius 2 is 1.85 bits per heavy atom. The zero-order valence-corrected chi connectivity index (χ0v) is 16.4. The first-order chi connectivity index (χ1) is 12.4. The molecular weight excluding hydrogens is 396 g/mol. The molecule has 0 aliphatic carbocycles. The maximum absolute atomic E-state index is 12.7. The molecule has 136 valence electrons. The number of esters is 1. The number of ether oxygens (including phenoxy) is 1. The van der Waals surface area contributed by atoms with E-state index in [9.17, 15) is 9.59 Å². The number of anilines is 2. The number of carbonyl (C=O) groups is 2. The van der Waals surface area contributed by atoms with Crippen LogP contribution in [0.1, 0.15) is 30.6 Å². The summed E-state index contributed by atoms with van der Waals surface area (Å²) in [6.07, 6.45) is 0.568. The smallest absolute Gasteiger partial charge is 0.338 e. The molecule has 0 saturated heterocycles. The van der Waals surface area contributed by atoms with E-state index in [1.54, 1.807) is 29.2 Å². The van der Waals surface area contributed by atoms with Crippen molar-refractivity contribution in [3.05, 3.63) is 58.6 Å². The number of rotatable bonds is 5. The van der Waals surface area contributed by atoms with Gasteiger partial charge in [0.15, 0.2) is 0 Å². The van der Waals surface area contributed by atoms with Crippen LogP contribution in [-0.2, 0) is 9.53 Å². The largest absolute Gasteiger partial charge is 0.462 e. The van der Waals surface area contributed by atoms with Gasteiger partial charge >= 0.3 is 5.97 Å². The molecular formula is C20H21BrN2O3. The number of carbonyl (C=O) groups excluding carboxylic acids is 2. The first-order valence-electron chi connectivity index (χ1n) is 8.50. The zero-order chi connectivity index (χ0) is 18.7. The summed E-state index contributed by atoms with van der Waals surface area (Å²) >= 11 is 3.34. The highest BCUT2D eigenvalue weighted by atomic mass is 79.9. The highest BCUT2D eigenvalue weighted by molar-refractivity contribution is 9.10. The van der Waals surface area contributed by atoms with Crippen LogP contribution in [0.2, 0.25) is 0 Å². The van der Waals surface area contributed by atoms with Gasteiger partial charge in [0, 0.05) is 11.0 Å². The Balaban J connectivity index is 1.59. The van der Waals surface area contributed by atoms with E-state index >= 15 is 0 Å². The summed E-state index contributed by atoms with van der Waals surface area (Å²) in [4.78, 5) is 26.6. The van der Waals surface area contributed by atoms with E-state index in [4.69, 9.17) is 4.74 Å². The Morgan fingerprint density at radius 3 is 2.58 bits per heavy atom. The fraction of sp³-hybridized carbons (Fsp3) is 0.300. The van der Waals surface area contributed by atoms with Crippen molar-refractivity contribution in [2.24, 2.45) is 0 Å². The fourth-order valence-corrected chi connectivity index (χ4v) is 3.19. The van der Waals surface area contributed by atoms with E-state index in [1.807, 2.05) is 38.1 Å². The number of halogens is 1. The van der Waals surface area contributed by atoms with Crippen molar-refractivity contribution in [2.45, 2.75) is 25.8 Å². The summed E-state index contributed by atoms with van der Waals surface area (Å²) in [5, 5.41) is 3.27. The number of nitrogens with zero attached hydrogens (tertiary/aromatic N) is 1. The highest BCUT2D eigenvalue weighted by Crippen LogP contribution is 2.34. The summed E-state index contributed by atoms with van der Waals surface area (Å²) in [7, 11) is 0. The average molecular weight is 417 g/mol. The van der Waals surface area contributed by atoms with E-state index in [2.05, 4.69) is 21.2 Å². The average Bonchev–Trinajstić information content (AvgIpc) is 2.61. The minimum absolute atomic E-state index is 0.00966. The van der Waals surface area contributed by atoms with Gasteiger partial charge in [-0.2, -0.15) is 0 Å². The molecule has 0 fully saturated rings. The lowest BCUT2D eigenvalue weighted by molar-refractivity contribution is -0.122.